The van der Waals surface area contributed by atoms with Crippen molar-refractivity contribution in [2.45, 2.75) is 19.3 Å². The third-order valence-electron chi connectivity index (χ3n) is 2.44. The third kappa shape index (κ3) is 3.28. The number of allylic oxidation sites excluding steroid dienone is 1. The number of hydrogen-bond acceptors (Lipinski definition) is 5. The Morgan fingerprint density at radius 2 is 2.33 bits per heavy atom. The second-order valence-electron chi connectivity index (χ2n) is 3.75. The van der Waals surface area contributed by atoms with Gasteiger partial charge in [-0.1, -0.05) is 13.0 Å². The van der Waals surface area contributed by atoms with Crippen molar-refractivity contribution >= 4 is 5.97 Å². The normalized spacial score (nSPS) is 13.2. The average Bonchev–Trinajstić information content (AvgIpc) is 2.40. The van der Waals surface area contributed by atoms with Gasteiger partial charge in [0.2, 0.25) is 5.39 Å². The van der Waals surface area contributed by atoms with Crippen molar-refractivity contribution in [1.29, 1.82) is 5.39 Å². The van der Waals surface area contributed by atoms with Gasteiger partial charge in [0, 0.05) is 24.2 Å². The highest BCUT2D eigenvalue weighted by Crippen LogP contribution is 2.22. The first-order valence-corrected chi connectivity index (χ1v) is 5.36. The largest absolute Gasteiger partial charge is 0.505 e. The van der Waals surface area contributed by atoms with Gasteiger partial charge in [-0.15, -0.1) is 0 Å². The minimum atomic E-state index is -0.886. The molecular weight excluding hydrogens is 234 g/mol. The molecule has 0 saturated heterocycles. The Morgan fingerprint density at radius 1 is 1.61 bits per heavy atom. The Balaban J connectivity index is 2.87. The Labute approximate surface area is 105 Å². The summed E-state index contributed by atoms with van der Waals surface area (Å²) in [4.78, 5) is 18.1. The number of diazo groups is 1. The fourth-order valence-electron chi connectivity index (χ4n) is 1.47. The molecule has 1 N–H and O–H groups in total. The molecule has 0 spiro atoms. The number of ether oxygens (including phenoxy) is 1. The summed E-state index contributed by atoms with van der Waals surface area (Å²) in [6.07, 6.45) is 1.77. The molecule has 1 aromatic rings. The Morgan fingerprint density at radius 3 is 2.83 bits per heavy atom. The number of esters is 1. The van der Waals surface area contributed by atoms with Gasteiger partial charge >= 0.3 is 11.7 Å². The van der Waals surface area contributed by atoms with E-state index in [0.717, 1.165) is 12.8 Å². The summed E-state index contributed by atoms with van der Waals surface area (Å²) in [5.74, 6) is -1.33. The SMILES string of the molecule is COC(=O)/C([N+]#N)=C(\O)CC(C)c1ccccn1. The zero-order valence-electron chi connectivity index (χ0n) is 10.2. The maximum Gasteiger partial charge on any atom is 0.505 e. The minimum absolute atomic E-state index is 0.118. The summed E-state index contributed by atoms with van der Waals surface area (Å²) in [5.41, 5.74) is 0.284. The summed E-state index contributed by atoms with van der Waals surface area (Å²) in [7, 11) is 1.14. The summed E-state index contributed by atoms with van der Waals surface area (Å²) < 4.78 is 4.39. The monoisotopic (exact) mass is 248 g/mol. The smallest absolute Gasteiger partial charge is 0.505 e. The summed E-state index contributed by atoms with van der Waals surface area (Å²) >= 11 is 0. The molecule has 18 heavy (non-hydrogen) atoms. The Kier molecular flexibility index (Phi) is 4.81. The van der Waals surface area contributed by atoms with Gasteiger partial charge in [-0.2, -0.15) is 0 Å². The molecule has 6 heteroatoms. The van der Waals surface area contributed by atoms with Gasteiger partial charge < -0.3 is 9.84 Å². The van der Waals surface area contributed by atoms with Crippen LogP contribution in [0.3, 0.4) is 0 Å². The van der Waals surface area contributed by atoms with Crippen LogP contribution >= 0.6 is 0 Å². The molecule has 0 aliphatic carbocycles. The van der Waals surface area contributed by atoms with E-state index in [2.05, 4.69) is 14.7 Å². The number of aliphatic hydroxyl groups is 1. The molecule has 6 nitrogen and oxygen atoms in total. The van der Waals surface area contributed by atoms with Gasteiger partial charge in [-0.25, -0.2) is 4.79 Å². The lowest BCUT2D eigenvalue weighted by molar-refractivity contribution is -0.136. The minimum Gasteiger partial charge on any atom is -0.505 e. The van der Waals surface area contributed by atoms with Gasteiger partial charge in [-0.05, 0) is 12.1 Å². The van der Waals surface area contributed by atoms with Gasteiger partial charge in [0.15, 0.2) is 10.7 Å². The number of carbonyl (C=O) groups excluding carboxylic acids is 1. The summed E-state index contributed by atoms with van der Waals surface area (Å²) in [6, 6.07) is 5.43. The fraction of sp³-hybridized carbons (Fsp3) is 0.333. The van der Waals surface area contributed by atoms with Crippen molar-refractivity contribution in [3.63, 3.8) is 0 Å². The van der Waals surface area contributed by atoms with Crippen LogP contribution in [0.15, 0.2) is 35.9 Å². The molecule has 0 radical (unpaired) electrons. The standard InChI is InChI=1S/C12H13N3O3/c1-8(9-5-3-4-6-14-9)7-10(16)11(15-13)12(17)18-2/h3-6,8H,7H2,1-2H3/p+1. The van der Waals surface area contributed by atoms with Crippen LogP contribution in [0.1, 0.15) is 25.0 Å². The van der Waals surface area contributed by atoms with Crippen LogP contribution in [-0.4, -0.2) is 23.2 Å². The molecule has 0 saturated carbocycles. The first-order valence-electron chi connectivity index (χ1n) is 5.36. The predicted molar refractivity (Wildman–Crippen MR) is 64.0 cm³/mol. The molecule has 1 atom stereocenters. The van der Waals surface area contributed by atoms with Crippen LogP contribution in [0.25, 0.3) is 4.98 Å². The van der Waals surface area contributed by atoms with Crippen LogP contribution in [0.4, 0.5) is 0 Å². The highest BCUT2D eigenvalue weighted by molar-refractivity contribution is 5.90. The second kappa shape index (κ2) is 6.35. The van der Waals surface area contributed by atoms with E-state index in [-0.39, 0.29) is 18.1 Å². The van der Waals surface area contributed by atoms with Gasteiger partial charge in [0.25, 0.3) is 0 Å². The molecule has 1 heterocycles. The van der Waals surface area contributed by atoms with E-state index in [9.17, 15) is 9.90 Å². The third-order valence-corrected chi connectivity index (χ3v) is 2.44. The zero-order chi connectivity index (χ0) is 13.5. The van der Waals surface area contributed by atoms with E-state index in [1.54, 1.807) is 12.3 Å². The van der Waals surface area contributed by atoms with Gasteiger partial charge in [0.1, 0.15) is 0 Å². The van der Waals surface area contributed by atoms with E-state index in [1.807, 2.05) is 19.1 Å². The molecule has 0 amide bonds. The molecular formula is C12H14N3O3+. The van der Waals surface area contributed by atoms with Crippen molar-refractivity contribution in [3.05, 3.63) is 46.5 Å². The van der Waals surface area contributed by atoms with Crippen molar-refractivity contribution in [3.8, 4) is 0 Å². The Hall–Kier alpha value is -2.42. The van der Waals surface area contributed by atoms with E-state index in [1.165, 1.54) is 0 Å². The molecule has 1 aromatic heterocycles. The van der Waals surface area contributed by atoms with E-state index in [0.29, 0.717) is 0 Å². The lowest BCUT2D eigenvalue weighted by Gasteiger charge is -2.08. The average molecular weight is 248 g/mol. The fourth-order valence-corrected chi connectivity index (χ4v) is 1.47. The van der Waals surface area contributed by atoms with Gasteiger partial charge in [0.05, 0.1) is 7.11 Å². The number of rotatable bonds is 4. The molecule has 1 rings (SSSR count). The van der Waals surface area contributed by atoms with Crippen molar-refractivity contribution in [1.82, 2.24) is 4.98 Å². The zero-order valence-corrected chi connectivity index (χ0v) is 10.2. The maximum atomic E-state index is 11.2. The van der Waals surface area contributed by atoms with Crippen LogP contribution in [0.2, 0.25) is 0 Å². The Bertz CT molecular complexity index is 491. The highest BCUT2D eigenvalue weighted by atomic mass is 16.5. The van der Waals surface area contributed by atoms with Crippen molar-refractivity contribution in [2.24, 2.45) is 0 Å². The number of aromatic nitrogens is 1. The first-order chi connectivity index (χ1) is 8.60. The van der Waals surface area contributed by atoms with Crippen molar-refractivity contribution < 1.29 is 14.6 Å². The number of hydrogen-bond donors (Lipinski definition) is 1. The second-order valence-corrected chi connectivity index (χ2v) is 3.75. The van der Waals surface area contributed by atoms with Crippen LogP contribution in [0.5, 0.6) is 0 Å². The molecule has 0 fully saturated rings. The summed E-state index contributed by atoms with van der Waals surface area (Å²) in [6.45, 7) is 1.84. The van der Waals surface area contributed by atoms with Crippen LogP contribution < -0.4 is 0 Å². The van der Waals surface area contributed by atoms with E-state index >= 15 is 0 Å². The lowest BCUT2D eigenvalue weighted by Crippen LogP contribution is -2.07. The lowest BCUT2D eigenvalue weighted by atomic mass is 10.0. The summed E-state index contributed by atoms with van der Waals surface area (Å²) in [5, 5.41) is 18.4. The number of aliphatic hydroxyl groups excluding tert-OH is 1. The van der Waals surface area contributed by atoms with E-state index < -0.39 is 11.7 Å². The number of nitrogens with zero attached hydrogens (tertiary/aromatic N) is 3. The van der Waals surface area contributed by atoms with E-state index in [4.69, 9.17) is 5.39 Å². The van der Waals surface area contributed by atoms with Crippen molar-refractivity contribution in [2.75, 3.05) is 7.11 Å². The van der Waals surface area contributed by atoms with Crippen LogP contribution in [-0.2, 0) is 9.53 Å². The number of carbonyl (C=O) groups is 1. The topological polar surface area (TPSA) is 87.6 Å². The molecule has 94 valence electrons. The molecule has 0 aliphatic rings. The predicted octanol–water partition coefficient (Wildman–Crippen LogP) is 2.37. The molecule has 0 bridgehead atoms. The highest BCUT2D eigenvalue weighted by Gasteiger charge is 2.30. The maximum absolute atomic E-state index is 11.2. The number of methoxy groups -OCH3 is 1. The van der Waals surface area contributed by atoms with Gasteiger partial charge in [-0.3, -0.25) is 4.98 Å². The quantitative estimate of drug-likeness (QED) is 0.382. The number of pyridine rings is 1. The molecule has 0 aliphatic heterocycles. The van der Waals surface area contributed by atoms with Crippen LogP contribution in [0, 0.1) is 5.39 Å². The molecule has 0 aromatic carbocycles. The first kappa shape index (κ1) is 13.6. The molecule has 1 unspecified atom stereocenters.